The van der Waals surface area contributed by atoms with Gasteiger partial charge in [0.25, 0.3) is 0 Å². The van der Waals surface area contributed by atoms with Crippen LogP contribution in [-0.2, 0) is 0 Å². The van der Waals surface area contributed by atoms with Crippen LogP contribution in [0.2, 0.25) is 0 Å². The Kier molecular flexibility index (Phi) is 4.69. The van der Waals surface area contributed by atoms with Gasteiger partial charge in [-0.15, -0.1) is 0 Å². The minimum absolute atomic E-state index is 0.338. The van der Waals surface area contributed by atoms with Crippen molar-refractivity contribution in [3.63, 3.8) is 0 Å². The molecule has 2 N–H and O–H groups in total. The highest BCUT2D eigenvalue weighted by Crippen LogP contribution is 2.14. The van der Waals surface area contributed by atoms with E-state index in [1.807, 2.05) is 0 Å². The predicted octanol–water partition coefficient (Wildman–Crippen LogP) is 1.70. The van der Waals surface area contributed by atoms with Gasteiger partial charge in [-0.3, -0.25) is 0 Å². The van der Waals surface area contributed by atoms with E-state index in [-0.39, 0.29) is 6.10 Å². The fourth-order valence-electron chi connectivity index (χ4n) is 1.12. The molecular formula is C9H20O2. The first-order valence-electron chi connectivity index (χ1n) is 4.36. The van der Waals surface area contributed by atoms with E-state index in [1.165, 1.54) is 0 Å². The van der Waals surface area contributed by atoms with Crippen molar-refractivity contribution in [2.45, 2.75) is 58.2 Å². The first kappa shape index (κ1) is 10.9. The second-order valence-electron chi connectivity index (χ2n) is 3.81. The van der Waals surface area contributed by atoms with Crippen LogP contribution in [0.1, 0.15) is 46.5 Å². The lowest BCUT2D eigenvalue weighted by Gasteiger charge is -2.20. The number of rotatable bonds is 5. The van der Waals surface area contributed by atoms with Crippen LogP contribution in [0, 0.1) is 0 Å². The van der Waals surface area contributed by atoms with Crippen molar-refractivity contribution in [1.82, 2.24) is 0 Å². The number of aliphatic hydroxyl groups is 2. The topological polar surface area (TPSA) is 40.5 Å². The molecule has 0 fully saturated rings. The van der Waals surface area contributed by atoms with Gasteiger partial charge in [-0.1, -0.05) is 19.8 Å². The summed E-state index contributed by atoms with van der Waals surface area (Å²) in [5.41, 5.74) is -0.729. The Morgan fingerprint density at radius 3 is 2.27 bits per heavy atom. The highest BCUT2D eigenvalue weighted by molar-refractivity contribution is 4.70. The van der Waals surface area contributed by atoms with Gasteiger partial charge in [0.2, 0.25) is 0 Å². The lowest BCUT2D eigenvalue weighted by atomic mass is 9.98. The predicted molar refractivity (Wildman–Crippen MR) is 46.4 cm³/mol. The van der Waals surface area contributed by atoms with Crippen LogP contribution in [-0.4, -0.2) is 21.9 Å². The molecule has 2 heteroatoms. The molecule has 0 bridgehead atoms. The van der Waals surface area contributed by atoms with Gasteiger partial charge in [0.05, 0.1) is 11.7 Å². The lowest BCUT2D eigenvalue weighted by molar-refractivity contribution is 0.0152. The zero-order chi connectivity index (χ0) is 8.91. The number of hydrogen-bond donors (Lipinski definition) is 2. The molecule has 0 aromatic carbocycles. The average molecular weight is 160 g/mol. The summed E-state index contributed by atoms with van der Waals surface area (Å²) in [6, 6.07) is 0. The van der Waals surface area contributed by atoms with Crippen molar-refractivity contribution >= 4 is 0 Å². The Morgan fingerprint density at radius 1 is 1.36 bits per heavy atom. The third-order valence-electron chi connectivity index (χ3n) is 1.63. The normalized spacial score (nSPS) is 15.0. The van der Waals surface area contributed by atoms with Gasteiger partial charge in [0.1, 0.15) is 0 Å². The van der Waals surface area contributed by atoms with Crippen molar-refractivity contribution in [3.8, 4) is 0 Å². The molecule has 0 aliphatic rings. The van der Waals surface area contributed by atoms with E-state index >= 15 is 0 Å². The Labute approximate surface area is 69.2 Å². The van der Waals surface area contributed by atoms with Crippen molar-refractivity contribution in [3.05, 3.63) is 0 Å². The Hall–Kier alpha value is -0.0800. The molecule has 1 unspecified atom stereocenters. The number of aliphatic hydroxyl groups excluding tert-OH is 1. The summed E-state index contributed by atoms with van der Waals surface area (Å²) in [5.74, 6) is 0. The monoisotopic (exact) mass is 160 g/mol. The van der Waals surface area contributed by atoms with Gasteiger partial charge in [-0.2, -0.15) is 0 Å². The maximum atomic E-state index is 9.36. The van der Waals surface area contributed by atoms with E-state index in [2.05, 4.69) is 6.92 Å². The quantitative estimate of drug-likeness (QED) is 0.642. The van der Waals surface area contributed by atoms with Crippen molar-refractivity contribution in [1.29, 1.82) is 0 Å². The molecule has 0 aliphatic carbocycles. The summed E-state index contributed by atoms with van der Waals surface area (Å²) in [6.45, 7) is 5.54. The average Bonchev–Trinajstić information content (AvgIpc) is 1.79. The molecule has 2 nitrogen and oxygen atoms in total. The summed E-state index contributed by atoms with van der Waals surface area (Å²) >= 11 is 0. The van der Waals surface area contributed by atoms with Gasteiger partial charge < -0.3 is 10.2 Å². The highest BCUT2D eigenvalue weighted by Gasteiger charge is 2.17. The fourth-order valence-corrected chi connectivity index (χ4v) is 1.12. The molecule has 0 amide bonds. The maximum Gasteiger partial charge on any atom is 0.0616 e. The highest BCUT2D eigenvalue weighted by atomic mass is 16.3. The first-order valence-corrected chi connectivity index (χ1v) is 4.36. The fraction of sp³-hybridized carbons (Fsp3) is 1.00. The second-order valence-corrected chi connectivity index (χ2v) is 3.81. The zero-order valence-electron chi connectivity index (χ0n) is 7.80. The standard InChI is InChI=1S/C9H20O2/c1-4-5-6-8(10)7-9(2,3)11/h8,10-11H,4-7H2,1-3H3. The van der Waals surface area contributed by atoms with E-state index in [4.69, 9.17) is 0 Å². The minimum atomic E-state index is -0.729. The molecule has 11 heavy (non-hydrogen) atoms. The van der Waals surface area contributed by atoms with Crippen LogP contribution in [0.15, 0.2) is 0 Å². The molecule has 0 spiro atoms. The summed E-state index contributed by atoms with van der Waals surface area (Å²) in [4.78, 5) is 0. The molecule has 0 rings (SSSR count). The summed E-state index contributed by atoms with van der Waals surface area (Å²) in [5, 5.41) is 18.7. The van der Waals surface area contributed by atoms with Crippen molar-refractivity contribution in [2.75, 3.05) is 0 Å². The summed E-state index contributed by atoms with van der Waals surface area (Å²) in [7, 11) is 0. The molecule has 0 aliphatic heterocycles. The molecule has 0 aromatic rings. The molecule has 0 saturated heterocycles. The summed E-state index contributed by atoms with van der Waals surface area (Å²) in [6.07, 6.45) is 3.09. The van der Waals surface area contributed by atoms with Crippen LogP contribution in [0.5, 0.6) is 0 Å². The Balaban J connectivity index is 3.44. The second kappa shape index (κ2) is 4.73. The zero-order valence-corrected chi connectivity index (χ0v) is 7.80. The van der Waals surface area contributed by atoms with Crippen molar-refractivity contribution < 1.29 is 10.2 Å². The van der Waals surface area contributed by atoms with E-state index < -0.39 is 5.60 Å². The minimum Gasteiger partial charge on any atom is -0.393 e. The van der Waals surface area contributed by atoms with E-state index in [0.29, 0.717) is 6.42 Å². The van der Waals surface area contributed by atoms with E-state index in [0.717, 1.165) is 19.3 Å². The first-order chi connectivity index (χ1) is 4.95. The Morgan fingerprint density at radius 2 is 1.91 bits per heavy atom. The van der Waals surface area contributed by atoms with E-state index in [1.54, 1.807) is 13.8 Å². The number of hydrogen-bond acceptors (Lipinski definition) is 2. The van der Waals surface area contributed by atoms with E-state index in [9.17, 15) is 10.2 Å². The number of unbranched alkanes of at least 4 members (excludes halogenated alkanes) is 1. The van der Waals surface area contributed by atoms with Crippen LogP contribution < -0.4 is 0 Å². The maximum absolute atomic E-state index is 9.36. The molecule has 1 atom stereocenters. The Bertz CT molecular complexity index is 94.2. The molecular weight excluding hydrogens is 140 g/mol. The third kappa shape index (κ3) is 7.82. The van der Waals surface area contributed by atoms with Gasteiger partial charge in [-0.05, 0) is 20.3 Å². The molecule has 0 aromatic heterocycles. The largest absolute Gasteiger partial charge is 0.393 e. The van der Waals surface area contributed by atoms with Crippen LogP contribution >= 0.6 is 0 Å². The van der Waals surface area contributed by atoms with Gasteiger partial charge in [0, 0.05) is 6.42 Å². The lowest BCUT2D eigenvalue weighted by Crippen LogP contribution is -2.25. The van der Waals surface area contributed by atoms with Gasteiger partial charge in [0.15, 0.2) is 0 Å². The smallest absolute Gasteiger partial charge is 0.0616 e. The molecule has 0 saturated carbocycles. The van der Waals surface area contributed by atoms with Crippen LogP contribution in [0.3, 0.4) is 0 Å². The van der Waals surface area contributed by atoms with Gasteiger partial charge >= 0.3 is 0 Å². The molecule has 0 heterocycles. The van der Waals surface area contributed by atoms with Crippen molar-refractivity contribution in [2.24, 2.45) is 0 Å². The molecule has 0 radical (unpaired) electrons. The molecule has 68 valence electrons. The SMILES string of the molecule is CCCCC(O)CC(C)(C)O. The van der Waals surface area contributed by atoms with Crippen LogP contribution in [0.25, 0.3) is 0 Å². The van der Waals surface area contributed by atoms with Gasteiger partial charge in [-0.25, -0.2) is 0 Å². The summed E-state index contributed by atoms with van der Waals surface area (Å²) < 4.78 is 0. The van der Waals surface area contributed by atoms with Crippen LogP contribution in [0.4, 0.5) is 0 Å². The third-order valence-corrected chi connectivity index (χ3v) is 1.63.